The van der Waals surface area contributed by atoms with Crippen molar-refractivity contribution in [2.24, 2.45) is 0 Å². The second kappa shape index (κ2) is 8.86. The maximum atomic E-state index is 13.1. The predicted molar refractivity (Wildman–Crippen MR) is 105 cm³/mol. The van der Waals surface area contributed by atoms with Crippen LogP contribution >= 0.6 is 11.8 Å². The molecule has 10 heteroatoms. The van der Waals surface area contributed by atoms with Gasteiger partial charge < -0.3 is 5.32 Å². The minimum Gasteiger partial charge on any atom is -0.349 e. The van der Waals surface area contributed by atoms with E-state index in [0.29, 0.717) is 10.7 Å². The Balaban J connectivity index is 1.59. The fourth-order valence-corrected chi connectivity index (χ4v) is 3.48. The normalized spacial score (nSPS) is 12.6. The highest BCUT2D eigenvalue weighted by Crippen LogP contribution is 2.29. The van der Waals surface area contributed by atoms with E-state index in [-0.39, 0.29) is 23.5 Å². The topological polar surface area (TPSA) is 59.8 Å². The van der Waals surface area contributed by atoms with Crippen LogP contribution in [0.1, 0.15) is 29.8 Å². The van der Waals surface area contributed by atoms with E-state index in [0.717, 1.165) is 35.3 Å². The summed E-state index contributed by atoms with van der Waals surface area (Å²) in [7, 11) is 0. The first-order valence-electron chi connectivity index (χ1n) is 8.91. The zero-order valence-corrected chi connectivity index (χ0v) is 16.9. The first-order chi connectivity index (χ1) is 14.1. The summed E-state index contributed by atoms with van der Waals surface area (Å²) in [6, 6.07) is 7.73. The number of nitrogens with one attached hydrogen (secondary N) is 1. The number of carbonyl (C=O) groups excluding carboxylic acids is 1. The molecule has 1 atom stereocenters. The third-order valence-electron chi connectivity index (χ3n) is 4.38. The number of amides is 1. The number of aromatic nitrogens is 3. The van der Waals surface area contributed by atoms with Gasteiger partial charge in [0.05, 0.1) is 34.3 Å². The maximum Gasteiger partial charge on any atom is 0.417 e. The van der Waals surface area contributed by atoms with Crippen LogP contribution in [0.3, 0.4) is 0 Å². The van der Waals surface area contributed by atoms with E-state index >= 15 is 0 Å². The lowest BCUT2D eigenvalue weighted by Gasteiger charge is -2.14. The van der Waals surface area contributed by atoms with Crippen LogP contribution in [0.15, 0.2) is 53.8 Å². The van der Waals surface area contributed by atoms with Gasteiger partial charge in [0.15, 0.2) is 0 Å². The number of nitrogens with zero attached hydrogens (tertiary/aromatic N) is 3. The Morgan fingerprint density at radius 1 is 1.17 bits per heavy atom. The molecule has 5 nitrogen and oxygen atoms in total. The van der Waals surface area contributed by atoms with Gasteiger partial charge in [0.2, 0.25) is 5.91 Å². The summed E-state index contributed by atoms with van der Waals surface area (Å²) in [6.07, 6.45) is -2.07. The molecule has 2 aromatic heterocycles. The quantitative estimate of drug-likeness (QED) is 0.448. The van der Waals surface area contributed by atoms with E-state index < -0.39 is 11.7 Å². The molecule has 158 valence electrons. The van der Waals surface area contributed by atoms with E-state index in [1.165, 1.54) is 18.2 Å². The van der Waals surface area contributed by atoms with E-state index in [2.05, 4.69) is 15.4 Å². The smallest absolute Gasteiger partial charge is 0.349 e. The first-order valence-corrected chi connectivity index (χ1v) is 9.89. The zero-order valence-electron chi connectivity index (χ0n) is 16.1. The molecule has 0 aliphatic rings. The van der Waals surface area contributed by atoms with Gasteiger partial charge in [0, 0.05) is 17.5 Å². The van der Waals surface area contributed by atoms with Gasteiger partial charge in [-0.2, -0.15) is 18.3 Å². The van der Waals surface area contributed by atoms with Crippen LogP contribution in [0.25, 0.3) is 5.69 Å². The number of alkyl halides is 3. The molecular weight excluding hydrogens is 420 g/mol. The number of hydrogen-bond acceptors (Lipinski definition) is 4. The molecule has 0 saturated heterocycles. The first kappa shape index (κ1) is 21.8. The monoisotopic (exact) mass is 438 g/mol. The van der Waals surface area contributed by atoms with Crippen LogP contribution in [0.4, 0.5) is 17.6 Å². The third kappa shape index (κ3) is 5.18. The highest BCUT2D eigenvalue weighted by Gasteiger charge is 2.30. The van der Waals surface area contributed by atoms with E-state index in [1.54, 1.807) is 29.9 Å². The van der Waals surface area contributed by atoms with E-state index in [4.69, 9.17) is 0 Å². The molecule has 0 radical (unpaired) electrons. The summed E-state index contributed by atoms with van der Waals surface area (Å²) in [6.45, 7) is 3.65. The van der Waals surface area contributed by atoms with Crippen molar-refractivity contribution in [1.82, 2.24) is 20.1 Å². The second-order valence-electron chi connectivity index (χ2n) is 6.53. The Morgan fingerprint density at radius 2 is 1.87 bits per heavy atom. The molecule has 2 heterocycles. The maximum absolute atomic E-state index is 13.1. The molecule has 3 rings (SSSR count). The van der Waals surface area contributed by atoms with Crippen LogP contribution in [0.5, 0.6) is 0 Å². The van der Waals surface area contributed by atoms with E-state index in [1.807, 2.05) is 6.92 Å². The molecule has 1 aromatic carbocycles. The molecule has 0 fully saturated rings. The molecule has 1 unspecified atom stereocenters. The Bertz CT molecular complexity index is 1020. The molecule has 0 spiro atoms. The summed E-state index contributed by atoms with van der Waals surface area (Å²) in [5, 5.41) is 7.46. The van der Waals surface area contributed by atoms with Crippen molar-refractivity contribution < 1.29 is 22.4 Å². The third-order valence-corrected chi connectivity index (χ3v) is 5.32. The minimum atomic E-state index is -4.45. The lowest BCUT2D eigenvalue weighted by Crippen LogP contribution is -2.28. The fourth-order valence-electron chi connectivity index (χ4n) is 2.82. The SMILES string of the molecule is Cc1c(C(C)NC(=O)CSc2ccc(C(F)(F)F)cn2)cnn1-c1ccc(F)cc1. The number of benzene rings is 1. The van der Waals surface area contributed by atoms with Crippen LogP contribution in [0.2, 0.25) is 0 Å². The summed E-state index contributed by atoms with van der Waals surface area (Å²) in [5.74, 6) is -0.624. The summed E-state index contributed by atoms with van der Waals surface area (Å²) >= 11 is 1.05. The Kier molecular flexibility index (Phi) is 6.45. The van der Waals surface area contributed by atoms with Crippen LogP contribution in [0, 0.1) is 12.7 Å². The van der Waals surface area contributed by atoms with Gasteiger partial charge >= 0.3 is 6.18 Å². The average molecular weight is 438 g/mol. The van der Waals surface area contributed by atoms with Gasteiger partial charge in [0.25, 0.3) is 0 Å². The van der Waals surface area contributed by atoms with Crippen molar-refractivity contribution in [3.8, 4) is 5.69 Å². The molecular formula is C20H18F4N4OS. The number of carbonyl (C=O) groups is 1. The van der Waals surface area contributed by atoms with Gasteiger partial charge in [-0.3, -0.25) is 4.79 Å². The number of rotatable bonds is 6. The number of pyridine rings is 1. The minimum absolute atomic E-state index is 0.00779. The Morgan fingerprint density at radius 3 is 2.47 bits per heavy atom. The molecule has 0 aliphatic carbocycles. The van der Waals surface area contributed by atoms with Crippen LogP contribution in [-0.2, 0) is 11.0 Å². The zero-order chi connectivity index (χ0) is 21.9. The number of hydrogen-bond donors (Lipinski definition) is 1. The van der Waals surface area contributed by atoms with Gasteiger partial charge in [-0.05, 0) is 50.2 Å². The molecule has 3 aromatic rings. The van der Waals surface area contributed by atoms with Gasteiger partial charge in [-0.15, -0.1) is 0 Å². The number of thioether (sulfide) groups is 1. The lowest BCUT2D eigenvalue weighted by atomic mass is 10.1. The summed E-state index contributed by atoms with van der Waals surface area (Å²) in [4.78, 5) is 16.0. The van der Waals surface area contributed by atoms with Crippen LogP contribution < -0.4 is 5.32 Å². The lowest BCUT2D eigenvalue weighted by molar-refractivity contribution is -0.137. The van der Waals surface area contributed by atoms with Gasteiger partial charge in [-0.1, -0.05) is 11.8 Å². The van der Waals surface area contributed by atoms with Crippen molar-refractivity contribution in [2.75, 3.05) is 5.75 Å². The van der Waals surface area contributed by atoms with Gasteiger partial charge in [0.1, 0.15) is 5.82 Å². The van der Waals surface area contributed by atoms with Crippen molar-refractivity contribution >= 4 is 17.7 Å². The fraction of sp³-hybridized carbons (Fsp3) is 0.250. The Hall–Kier alpha value is -2.88. The van der Waals surface area contributed by atoms with Crippen molar-refractivity contribution in [1.29, 1.82) is 0 Å². The molecule has 30 heavy (non-hydrogen) atoms. The summed E-state index contributed by atoms with van der Waals surface area (Å²) in [5.41, 5.74) is 1.46. The number of halogens is 4. The van der Waals surface area contributed by atoms with E-state index in [9.17, 15) is 22.4 Å². The Labute approximate surface area is 174 Å². The standard InChI is InChI=1S/C20H18F4N4OS/c1-12(17-10-26-28(13(17)2)16-6-4-15(21)5-7-16)27-18(29)11-30-19-8-3-14(9-25-19)20(22,23)24/h3-10,12H,11H2,1-2H3,(H,27,29). The highest BCUT2D eigenvalue weighted by atomic mass is 32.2. The van der Waals surface area contributed by atoms with Crippen molar-refractivity contribution in [3.05, 3.63) is 71.4 Å². The molecule has 0 bridgehead atoms. The molecule has 1 N–H and O–H groups in total. The highest BCUT2D eigenvalue weighted by molar-refractivity contribution is 7.99. The van der Waals surface area contributed by atoms with Crippen molar-refractivity contribution in [3.63, 3.8) is 0 Å². The summed E-state index contributed by atoms with van der Waals surface area (Å²) < 4.78 is 52.5. The molecule has 0 aliphatic heterocycles. The van der Waals surface area contributed by atoms with Crippen molar-refractivity contribution in [2.45, 2.75) is 31.1 Å². The second-order valence-corrected chi connectivity index (χ2v) is 7.53. The predicted octanol–water partition coefficient (Wildman–Crippen LogP) is 4.70. The van der Waals surface area contributed by atoms with Gasteiger partial charge in [-0.25, -0.2) is 14.1 Å². The van der Waals surface area contributed by atoms with Crippen LogP contribution in [-0.4, -0.2) is 26.4 Å². The average Bonchev–Trinajstić information content (AvgIpc) is 3.08. The molecule has 1 amide bonds. The molecule has 0 saturated carbocycles. The largest absolute Gasteiger partial charge is 0.417 e.